The zero-order chi connectivity index (χ0) is 19.2. The van der Waals surface area contributed by atoms with Crippen LogP contribution in [0.1, 0.15) is 24.2 Å². The SMILES string of the molecule is CCOC(=O)N1CCN(c2ccc(C(=O)N3CCN(CC)CC3)cn2)CC1. The zero-order valence-corrected chi connectivity index (χ0v) is 16.3. The summed E-state index contributed by atoms with van der Waals surface area (Å²) in [6.07, 6.45) is 1.41. The third-order valence-electron chi connectivity index (χ3n) is 5.23. The van der Waals surface area contributed by atoms with Crippen molar-refractivity contribution in [3.63, 3.8) is 0 Å². The van der Waals surface area contributed by atoms with Gasteiger partial charge in [0.05, 0.1) is 12.2 Å². The van der Waals surface area contributed by atoms with Gasteiger partial charge in [-0.15, -0.1) is 0 Å². The molecule has 0 bridgehead atoms. The van der Waals surface area contributed by atoms with Crippen LogP contribution in [-0.4, -0.2) is 97.2 Å². The largest absolute Gasteiger partial charge is 0.450 e. The molecule has 3 heterocycles. The van der Waals surface area contributed by atoms with Crippen LogP contribution in [0.25, 0.3) is 0 Å². The highest BCUT2D eigenvalue weighted by Gasteiger charge is 2.24. The monoisotopic (exact) mass is 375 g/mol. The Bertz CT molecular complexity index is 635. The Morgan fingerprint density at radius 3 is 2.19 bits per heavy atom. The van der Waals surface area contributed by atoms with E-state index in [1.807, 2.05) is 24.0 Å². The minimum absolute atomic E-state index is 0.0527. The van der Waals surface area contributed by atoms with E-state index in [0.717, 1.165) is 38.5 Å². The predicted octanol–water partition coefficient (Wildman–Crippen LogP) is 1.14. The van der Waals surface area contributed by atoms with Crippen LogP contribution in [0.2, 0.25) is 0 Å². The van der Waals surface area contributed by atoms with Gasteiger partial charge in [0.1, 0.15) is 5.82 Å². The number of hydrogen-bond acceptors (Lipinski definition) is 6. The second-order valence-corrected chi connectivity index (χ2v) is 6.80. The summed E-state index contributed by atoms with van der Waals surface area (Å²) >= 11 is 0. The molecule has 0 spiro atoms. The molecule has 2 aliphatic heterocycles. The van der Waals surface area contributed by atoms with Crippen molar-refractivity contribution in [2.75, 3.05) is 70.4 Å². The molecule has 0 unspecified atom stereocenters. The van der Waals surface area contributed by atoms with Gasteiger partial charge in [0.25, 0.3) is 5.91 Å². The highest BCUT2D eigenvalue weighted by atomic mass is 16.6. The maximum atomic E-state index is 12.7. The summed E-state index contributed by atoms with van der Waals surface area (Å²) in [6.45, 7) is 11.4. The predicted molar refractivity (Wildman–Crippen MR) is 103 cm³/mol. The van der Waals surface area contributed by atoms with E-state index in [0.29, 0.717) is 38.3 Å². The summed E-state index contributed by atoms with van der Waals surface area (Å²) < 4.78 is 5.04. The second kappa shape index (κ2) is 9.03. The van der Waals surface area contributed by atoms with Crippen LogP contribution in [0.4, 0.5) is 10.6 Å². The maximum Gasteiger partial charge on any atom is 0.409 e. The topological polar surface area (TPSA) is 69.2 Å². The first-order valence-corrected chi connectivity index (χ1v) is 9.76. The Kier molecular flexibility index (Phi) is 6.49. The van der Waals surface area contributed by atoms with E-state index in [4.69, 9.17) is 4.74 Å². The number of ether oxygens (including phenoxy) is 1. The molecule has 3 rings (SSSR count). The van der Waals surface area contributed by atoms with Crippen LogP contribution in [0.15, 0.2) is 18.3 Å². The fourth-order valence-electron chi connectivity index (χ4n) is 3.48. The van der Waals surface area contributed by atoms with Crippen LogP contribution >= 0.6 is 0 Å². The van der Waals surface area contributed by atoms with Gasteiger partial charge in [0, 0.05) is 58.6 Å². The van der Waals surface area contributed by atoms with Crippen molar-refractivity contribution in [2.24, 2.45) is 0 Å². The fraction of sp³-hybridized carbons (Fsp3) is 0.632. The van der Waals surface area contributed by atoms with Crippen molar-refractivity contribution in [2.45, 2.75) is 13.8 Å². The van der Waals surface area contributed by atoms with Crippen molar-refractivity contribution in [3.05, 3.63) is 23.9 Å². The number of hydrogen-bond donors (Lipinski definition) is 0. The van der Waals surface area contributed by atoms with Gasteiger partial charge in [-0.1, -0.05) is 6.92 Å². The van der Waals surface area contributed by atoms with Gasteiger partial charge in [-0.2, -0.15) is 0 Å². The lowest BCUT2D eigenvalue weighted by atomic mass is 10.2. The molecule has 0 atom stereocenters. The normalized spacial score (nSPS) is 18.5. The standard InChI is InChI=1S/C19H29N5O3/c1-3-21-7-9-23(10-8-21)18(25)16-5-6-17(20-15-16)22-11-13-24(14-12-22)19(26)27-4-2/h5-6,15H,3-4,7-14H2,1-2H3. The van der Waals surface area contributed by atoms with E-state index in [1.165, 1.54) is 0 Å². The van der Waals surface area contributed by atoms with E-state index in [2.05, 4.69) is 21.7 Å². The summed E-state index contributed by atoms with van der Waals surface area (Å²) in [5.74, 6) is 0.891. The summed E-state index contributed by atoms with van der Waals surface area (Å²) in [5, 5.41) is 0. The molecule has 2 fully saturated rings. The molecule has 27 heavy (non-hydrogen) atoms. The van der Waals surface area contributed by atoms with Crippen molar-refractivity contribution in [1.82, 2.24) is 19.7 Å². The number of pyridine rings is 1. The van der Waals surface area contributed by atoms with Crippen LogP contribution in [0.5, 0.6) is 0 Å². The van der Waals surface area contributed by atoms with Gasteiger partial charge in [-0.3, -0.25) is 4.79 Å². The number of amides is 2. The number of aromatic nitrogens is 1. The molecule has 8 nitrogen and oxygen atoms in total. The highest BCUT2D eigenvalue weighted by molar-refractivity contribution is 5.94. The van der Waals surface area contributed by atoms with Crippen molar-refractivity contribution in [3.8, 4) is 0 Å². The Morgan fingerprint density at radius 1 is 0.963 bits per heavy atom. The summed E-state index contributed by atoms with van der Waals surface area (Å²) in [7, 11) is 0. The molecular weight excluding hydrogens is 346 g/mol. The average Bonchev–Trinajstić information content (AvgIpc) is 2.74. The van der Waals surface area contributed by atoms with E-state index in [-0.39, 0.29) is 12.0 Å². The first kappa shape index (κ1) is 19.4. The van der Waals surface area contributed by atoms with E-state index in [9.17, 15) is 9.59 Å². The third-order valence-corrected chi connectivity index (χ3v) is 5.23. The Morgan fingerprint density at radius 2 is 1.63 bits per heavy atom. The van der Waals surface area contributed by atoms with Gasteiger partial charge in [0.15, 0.2) is 0 Å². The number of anilines is 1. The number of piperazine rings is 2. The number of rotatable bonds is 4. The molecule has 2 aliphatic rings. The van der Waals surface area contributed by atoms with Gasteiger partial charge >= 0.3 is 6.09 Å². The van der Waals surface area contributed by atoms with Crippen molar-refractivity contribution < 1.29 is 14.3 Å². The molecule has 0 N–H and O–H groups in total. The lowest BCUT2D eigenvalue weighted by molar-refractivity contribution is 0.0643. The van der Waals surface area contributed by atoms with E-state index >= 15 is 0 Å². The molecule has 8 heteroatoms. The molecule has 0 aromatic carbocycles. The fourth-order valence-corrected chi connectivity index (χ4v) is 3.48. The van der Waals surface area contributed by atoms with Crippen LogP contribution in [0.3, 0.4) is 0 Å². The number of nitrogens with zero attached hydrogens (tertiary/aromatic N) is 5. The van der Waals surface area contributed by atoms with Gasteiger partial charge in [-0.05, 0) is 25.6 Å². The lowest BCUT2D eigenvalue weighted by Gasteiger charge is -2.35. The van der Waals surface area contributed by atoms with Crippen LogP contribution < -0.4 is 4.90 Å². The smallest absolute Gasteiger partial charge is 0.409 e. The minimum Gasteiger partial charge on any atom is -0.450 e. The number of likely N-dealkylation sites (N-methyl/N-ethyl adjacent to an activating group) is 1. The van der Waals surface area contributed by atoms with Crippen LogP contribution in [-0.2, 0) is 4.74 Å². The molecule has 1 aromatic rings. The molecule has 1 aromatic heterocycles. The summed E-state index contributed by atoms with van der Waals surface area (Å²) in [5.41, 5.74) is 0.633. The maximum absolute atomic E-state index is 12.7. The molecule has 0 saturated carbocycles. The minimum atomic E-state index is -0.255. The molecule has 2 saturated heterocycles. The van der Waals surface area contributed by atoms with Crippen LogP contribution in [0, 0.1) is 0 Å². The number of carbonyl (C=O) groups excluding carboxylic acids is 2. The second-order valence-electron chi connectivity index (χ2n) is 6.80. The van der Waals surface area contributed by atoms with Gasteiger partial charge in [-0.25, -0.2) is 9.78 Å². The lowest BCUT2D eigenvalue weighted by Crippen LogP contribution is -2.49. The highest BCUT2D eigenvalue weighted by Crippen LogP contribution is 2.16. The first-order chi connectivity index (χ1) is 13.1. The first-order valence-electron chi connectivity index (χ1n) is 9.76. The summed E-state index contributed by atoms with van der Waals surface area (Å²) in [6, 6.07) is 3.75. The van der Waals surface area contributed by atoms with Gasteiger partial charge in [0.2, 0.25) is 0 Å². The van der Waals surface area contributed by atoms with Gasteiger partial charge < -0.3 is 24.3 Å². The Balaban J connectivity index is 1.53. The zero-order valence-electron chi connectivity index (χ0n) is 16.3. The van der Waals surface area contributed by atoms with E-state index < -0.39 is 0 Å². The van der Waals surface area contributed by atoms with E-state index in [1.54, 1.807) is 11.1 Å². The molecule has 0 aliphatic carbocycles. The molecule has 2 amide bonds. The number of carbonyl (C=O) groups is 2. The Labute approximate surface area is 160 Å². The average molecular weight is 375 g/mol. The summed E-state index contributed by atoms with van der Waals surface area (Å²) in [4.78, 5) is 37.0. The Hall–Kier alpha value is -2.35. The quantitative estimate of drug-likeness (QED) is 0.786. The third kappa shape index (κ3) is 4.68. The molecular formula is C19H29N5O3. The molecule has 148 valence electrons. The van der Waals surface area contributed by atoms with Crippen molar-refractivity contribution in [1.29, 1.82) is 0 Å². The molecule has 0 radical (unpaired) electrons. The van der Waals surface area contributed by atoms with Crippen molar-refractivity contribution >= 4 is 17.8 Å².